The smallest absolute Gasteiger partial charge is 0.220 e. The monoisotopic (exact) mass is 270 g/mol. The van der Waals surface area contributed by atoms with Gasteiger partial charge in [0.2, 0.25) is 5.91 Å². The highest BCUT2D eigenvalue weighted by Crippen LogP contribution is 2.05. The Morgan fingerprint density at radius 2 is 1.89 bits per heavy atom. The van der Waals surface area contributed by atoms with Gasteiger partial charge < -0.3 is 16.4 Å². The first-order chi connectivity index (χ1) is 9.06. The summed E-state index contributed by atoms with van der Waals surface area (Å²) in [5.74, 6) is 0.160. The average Bonchev–Trinajstić information content (AvgIpc) is 2.34. The van der Waals surface area contributed by atoms with Crippen LogP contribution in [0.15, 0.2) is 0 Å². The third-order valence-electron chi connectivity index (χ3n) is 3.04. The summed E-state index contributed by atoms with van der Waals surface area (Å²) in [5.41, 5.74) is 5.18. The van der Waals surface area contributed by atoms with Crippen LogP contribution in [0.3, 0.4) is 0 Å². The first-order valence-corrected chi connectivity index (χ1v) is 7.43. The molecule has 0 saturated heterocycles. The topological polar surface area (TPSA) is 91.0 Å². The van der Waals surface area contributed by atoms with Crippen LogP contribution in [0.2, 0.25) is 0 Å². The molecular weight excluding hydrogens is 240 g/mol. The molecule has 0 radical (unpaired) electrons. The molecule has 5 nitrogen and oxygen atoms in total. The predicted octanol–water partition coefficient (Wildman–Crippen LogP) is 2.11. The van der Waals surface area contributed by atoms with Crippen LogP contribution in [0.4, 0.5) is 0 Å². The summed E-state index contributed by atoms with van der Waals surface area (Å²) >= 11 is 0. The van der Waals surface area contributed by atoms with E-state index in [1.165, 1.54) is 19.3 Å². The highest BCUT2D eigenvalue weighted by atomic mass is 16.1. The summed E-state index contributed by atoms with van der Waals surface area (Å²) in [6, 6.07) is 0.192. The Labute approximate surface area is 117 Å². The molecule has 0 aromatic heterocycles. The standard InChI is InChI=1S/C14H30N4O/c1-3-4-5-6-7-10-13(19)18-12(2)9-8-11-17-14(15)16/h12H,3-11H2,1-2H3,(H,18,19)(H4,15,16,17). The van der Waals surface area contributed by atoms with E-state index in [-0.39, 0.29) is 17.9 Å². The molecule has 5 heteroatoms. The number of hydrogen-bond donors (Lipinski definition) is 4. The molecule has 0 aromatic rings. The van der Waals surface area contributed by atoms with Crippen molar-refractivity contribution in [2.75, 3.05) is 6.54 Å². The lowest BCUT2D eigenvalue weighted by molar-refractivity contribution is -0.121. The van der Waals surface area contributed by atoms with Gasteiger partial charge in [-0.15, -0.1) is 0 Å². The number of hydrogen-bond acceptors (Lipinski definition) is 2. The minimum Gasteiger partial charge on any atom is -0.370 e. The molecule has 0 fully saturated rings. The first kappa shape index (κ1) is 17.7. The van der Waals surface area contributed by atoms with Gasteiger partial charge in [-0.25, -0.2) is 0 Å². The van der Waals surface area contributed by atoms with Gasteiger partial charge >= 0.3 is 0 Å². The normalized spacial score (nSPS) is 11.9. The van der Waals surface area contributed by atoms with Gasteiger partial charge in [0, 0.05) is 19.0 Å². The molecular formula is C14H30N4O. The van der Waals surface area contributed by atoms with Crippen molar-refractivity contribution in [3.8, 4) is 0 Å². The summed E-state index contributed by atoms with van der Waals surface area (Å²) in [7, 11) is 0. The third-order valence-corrected chi connectivity index (χ3v) is 3.04. The molecule has 5 N–H and O–H groups in total. The Morgan fingerprint density at radius 3 is 2.53 bits per heavy atom. The van der Waals surface area contributed by atoms with Gasteiger partial charge in [-0.05, 0) is 26.2 Å². The van der Waals surface area contributed by atoms with Gasteiger partial charge in [0.05, 0.1) is 0 Å². The van der Waals surface area contributed by atoms with Crippen LogP contribution in [0, 0.1) is 5.41 Å². The van der Waals surface area contributed by atoms with Crippen LogP contribution in [0.25, 0.3) is 0 Å². The number of guanidine groups is 1. The minimum atomic E-state index is 0.00349. The van der Waals surface area contributed by atoms with Gasteiger partial charge in [0.25, 0.3) is 0 Å². The van der Waals surface area contributed by atoms with E-state index < -0.39 is 0 Å². The Morgan fingerprint density at radius 1 is 1.21 bits per heavy atom. The molecule has 0 aliphatic carbocycles. The van der Waals surface area contributed by atoms with E-state index in [1.54, 1.807) is 0 Å². The average molecular weight is 270 g/mol. The zero-order chi connectivity index (χ0) is 14.5. The van der Waals surface area contributed by atoms with Gasteiger partial charge in [-0.2, -0.15) is 0 Å². The molecule has 112 valence electrons. The van der Waals surface area contributed by atoms with Crippen LogP contribution < -0.4 is 16.4 Å². The van der Waals surface area contributed by atoms with Crippen molar-refractivity contribution in [3.05, 3.63) is 0 Å². The number of rotatable bonds is 11. The van der Waals surface area contributed by atoms with Crippen LogP contribution in [-0.2, 0) is 4.79 Å². The molecule has 0 saturated carbocycles. The Bertz CT molecular complexity index is 256. The van der Waals surface area contributed by atoms with Crippen molar-refractivity contribution < 1.29 is 4.79 Å². The number of nitrogens with two attached hydrogens (primary N) is 1. The first-order valence-electron chi connectivity index (χ1n) is 7.43. The van der Waals surface area contributed by atoms with Crippen LogP contribution in [0.1, 0.15) is 65.2 Å². The number of carbonyl (C=O) groups excluding carboxylic acids is 1. The predicted molar refractivity (Wildman–Crippen MR) is 80.1 cm³/mol. The highest BCUT2D eigenvalue weighted by molar-refractivity contribution is 5.76. The SMILES string of the molecule is CCCCCCCC(=O)NC(C)CCCNC(=N)N. The van der Waals surface area contributed by atoms with E-state index in [2.05, 4.69) is 17.6 Å². The number of unbranched alkanes of at least 4 members (excludes halogenated alkanes) is 4. The second kappa shape index (κ2) is 11.8. The number of amides is 1. The summed E-state index contributed by atoms with van der Waals surface area (Å²) < 4.78 is 0. The lowest BCUT2D eigenvalue weighted by Gasteiger charge is -2.14. The summed E-state index contributed by atoms with van der Waals surface area (Å²) in [5, 5.41) is 12.8. The second-order valence-electron chi connectivity index (χ2n) is 5.12. The second-order valence-corrected chi connectivity index (χ2v) is 5.12. The molecule has 0 rings (SSSR count). The zero-order valence-electron chi connectivity index (χ0n) is 12.4. The van der Waals surface area contributed by atoms with E-state index in [4.69, 9.17) is 11.1 Å². The molecule has 1 amide bonds. The van der Waals surface area contributed by atoms with E-state index in [1.807, 2.05) is 6.92 Å². The van der Waals surface area contributed by atoms with Gasteiger partial charge in [0.1, 0.15) is 0 Å². The van der Waals surface area contributed by atoms with E-state index >= 15 is 0 Å². The maximum atomic E-state index is 11.6. The lowest BCUT2D eigenvalue weighted by atomic mass is 10.1. The molecule has 0 bridgehead atoms. The Kier molecular flexibility index (Phi) is 11.0. The van der Waals surface area contributed by atoms with E-state index in [0.29, 0.717) is 13.0 Å². The summed E-state index contributed by atoms with van der Waals surface area (Å²) in [4.78, 5) is 11.6. The van der Waals surface area contributed by atoms with Crippen molar-refractivity contribution in [2.45, 2.75) is 71.3 Å². The molecule has 0 spiro atoms. The maximum Gasteiger partial charge on any atom is 0.220 e. The zero-order valence-corrected chi connectivity index (χ0v) is 12.4. The third kappa shape index (κ3) is 13.0. The van der Waals surface area contributed by atoms with E-state index in [9.17, 15) is 4.79 Å². The molecule has 19 heavy (non-hydrogen) atoms. The summed E-state index contributed by atoms with van der Waals surface area (Å²) in [6.45, 7) is 4.89. The largest absolute Gasteiger partial charge is 0.370 e. The van der Waals surface area contributed by atoms with Crippen LogP contribution >= 0.6 is 0 Å². The minimum absolute atomic E-state index is 0.00349. The number of nitrogens with one attached hydrogen (secondary N) is 3. The molecule has 0 aliphatic rings. The van der Waals surface area contributed by atoms with Crippen molar-refractivity contribution in [2.24, 2.45) is 5.73 Å². The fourth-order valence-electron chi connectivity index (χ4n) is 1.94. The van der Waals surface area contributed by atoms with Crippen molar-refractivity contribution in [1.82, 2.24) is 10.6 Å². The maximum absolute atomic E-state index is 11.6. The van der Waals surface area contributed by atoms with Crippen LogP contribution in [0.5, 0.6) is 0 Å². The quantitative estimate of drug-likeness (QED) is 0.263. The van der Waals surface area contributed by atoms with Gasteiger partial charge in [-0.3, -0.25) is 10.2 Å². The fourth-order valence-corrected chi connectivity index (χ4v) is 1.94. The van der Waals surface area contributed by atoms with Crippen molar-refractivity contribution in [1.29, 1.82) is 5.41 Å². The molecule has 1 unspecified atom stereocenters. The van der Waals surface area contributed by atoms with Crippen molar-refractivity contribution >= 4 is 11.9 Å². The van der Waals surface area contributed by atoms with Crippen LogP contribution in [-0.4, -0.2) is 24.5 Å². The molecule has 0 aliphatic heterocycles. The van der Waals surface area contributed by atoms with E-state index in [0.717, 1.165) is 25.7 Å². The molecule has 0 aromatic carbocycles. The molecule has 1 atom stereocenters. The van der Waals surface area contributed by atoms with Gasteiger partial charge in [-0.1, -0.05) is 32.6 Å². The molecule has 0 heterocycles. The van der Waals surface area contributed by atoms with Gasteiger partial charge in [0.15, 0.2) is 5.96 Å². The fraction of sp³-hybridized carbons (Fsp3) is 0.857. The lowest BCUT2D eigenvalue weighted by Crippen LogP contribution is -2.34. The van der Waals surface area contributed by atoms with Crippen molar-refractivity contribution in [3.63, 3.8) is 0 Å². The summed E-state index contributed by atoms with van der Waals surface area (Å²) in [6.07, 6.45) is 8.32. The Balaban J connectivity index is 3.44. The Hall–Kier alpha value is -1.26. The number of carbonyl (C=O) groups is 1. The highest BCUT2D eigenvalue weighted by Gasteiger charge is 2.06.